The summed E-state index contributed by atoms with van der Waals surface area (Å²) in [5.41, 5.74) is 0.756. The molecule has 0 aromatic heterocycles. The summed E-state index contributed by atoms with van der Waals surface area (Å²) in [6.07, 6.45) is 2.38. The molecule has 1 unspecified atom stereocenters. The minimum Gasteiger partial charge on any atom is -0.486 e. The Hall–Kier alpha value is -2.28. The zero-order valence-corrected chi connectivity index (χ0v) is 14.1. The molecule has 4 rings (SSSR count). The van der Waals surface area contributed by atoms with Crippen molar-refractivity contribution in [1.82, 2.24) is 10.6 Å². The second kappa shape index (κ2) is 6.92. The smallest absolute Gasteiger partial charge is 0.239 e. The van der Waals surface area contributed by atoms with E-state index in [1.807, 2.05) is 18.2 Å². The fourth-order valence-corrected chi connectivity index (χ4v) is 3.65. The standard InChI is InChI=1S/C18H23N3O4/c22-17(20-12-3-6-19-7-4-12)14-5-8-21(18(14)23)13-1-2-15-16(11-13)25-10-9-24-15/h1-2,11-12,14,19H,3-10H2,(H,20,22). The van der Waals surface area contributed by atoms with Gasteiger partial charge in [0.2, 0.25) is 11.8 Å². The van der Waals surface area contributed by atoms with Crippen LogP contribution in [0.1, 0.15) is 19.3 Å². The molecule has 2 saturated heterocycles. The van der Waals surface area contributed by atoms with E-state index >= 15 is 0 Å². The van der Waals surface area contributed by atoms with Gasteiger partial charge in [0.05, 0.1) is 0 Å². The average molecular weight is 345 g/mol. The lowest BCUT2D eigenvalue weighted by atomic mass is 10.0. The first-order valence-electron chi connectivity index (χ1n) is 8.94. The maximum Gasteiger partial charge on any atom is 0.239 e. The van der Waals surface area contributed by atoms with Crippen molar-refractivity contribution >= 4 is 17.5 Å². The molecular weight excluding hydrogens is 322 g/mol. The van der Waals surface area contributed by atoms with E-state index in [4.69, 9.17) is 9.47 Å². The summed E-state index contributed by atoms with van der Waals surface area (Å²) < 4.78 is 11.1. The molecule has 3 aliphatic heterocycles. The summed E-state index contributed by atoms with van der Waals surface area (Å²) in [7, 11) is 0. The van der Waals surface area contributed by atoms with Gasteiger partial charge >= 0.3 is 0 Å². The molecule has 0 aliphatic carbocycles. The van der Waals surface area contributed by atoms with Crippen molar-refractivity contribution in [3.63, 3.8) is 0 Å². The molecule has 0 radical (unpaired) electrons. The summed E-state index contributed by atoms with van der Waals surface area (Å²) in [4.78, 5) is 26.9. The van der Waals surface area contributed by atoms with Crippen LogP contribution in [0.5, 0.6) is 11.5 Å². The van der Waals surface area contributed by atoms with Crippen LogP contribution in [0.15, 0.2) is 18.2 Å². The van der Waals surface area contributed by atoms with Gasteiger partial charge in [0, 0.05) is 24.3 Å². The lowest BCUT2D eigenvalue weighted by Crippen LogP contribution is -2.46. The molecule has 1 aromatic rings. The number of ether oxygens (including phenoxy) is 2. The number of rotatable bonds is 3. The largest absolute Gasteiger partial charge is 0.486 e. The van der Waals surface area contributed by atoms with Gasteiger partial charge in [-0.1, -0.05) is 0 Å². The molecule has 2 fully saturated rings. The normalized spacial score (nSPS) is 23.6. The van der Waals surface area contributed by atoms with Crippen molar-refractivity contribution < 1.29 is 19.1 Å². The number of fused-ring (bicyclic) bond motifs is 1. The van der Waals surface area contributed by atoms with Crippen molar-refractivity contribution in [2.24, 2.45) is 5.92 Å². The summed E-state index contributed by atoms with van der Waals surface area (Å²) in [5.74, 6) is 0.476. The Labute approximate surface area is 146 Å². The van der Waals surface area contributed by atoms with Crippen LogP contribution in [0, 0.1) is 5.92 Å². The summed E-state index contributed by atoms with van der Waals surface area (Å²) in [6, 6.07) is 5.65. The zero-order valence-electron chi connectivity index (χ0n) is 14.1. The Morgan fingerprint density at radius 2 is 1.88 bits per heavy atom. The topological polar surface area (TPSA) is 79.9 Å². The second-order valence-corrected chi connectivity index (χ2v) is 6.69. The Morgan fingerprint density at radius 1 is 1.12 bits per heavy atom. The Bertz CT molecular complexity index is 672. The highest BCUT2D eigenvalue weighted by molar-refractivity contribution is 6.09. The van der Waals surface area contributed by atoms with Crippen molar-refractivity contribution in [2.75, 3.05) is 37.7 Å². The highest BCUT2D eigenvalue weighted by Gasteiger charge is 2.38. The molecule has 2 amide bonds. The van der Waals surface area contributed by atoms with Crippen molar-refractivity contribution in [2.45, 2.75) is 25.3 Å². The van der Waals surface area contributed by atoms with Gasteiger partial charge in [0.1, 0.15) is 19.1 Å². The van der Waals surface area contributed by atoms with Gasteiger partial charge in [-0.15, -0.1) is 0 Å². The molecule has 3 heterocycles. The fourth-order valence-electron chi connectivity index (χ4n) is 3.65. The first kappa shape index (κ1) is 16.2. The van der Waals surface area contributed by atoms with Crippen molar-refractivity contribution in [3.05, 3.63) is 18.2 Å². The van der Waals surface area contributed by atoms with Gasteiger partial charge in [-0.3, -0.25) is 9.59 Å². The highest BCUT2D eigenvalue weighted by atomic mass is 16.6. The van der Waals surface area contributed by atoms with Gasteiger partial charge in [-0.25, -0.2) is 0 Å². The quantitative estimate of drug-likeness (QED) is 0.788. The number of hydrogen-bond donors (Lipinski definition) is 2. The number of amides is 2. The van der Waals surface area contributed by atoms with Crippen LogP contribution < -0.4 is 25.0 Å². The number of nitrogens with zero attached hydrogens (tertiary/aromatic N) is 1. The van der Waals surface area contributed by atoms with E-state index in [1.165, 1.54) is 0 Å². The first-order chi connectivity index (χ1) is 12.2. The van der Waals surface area contributed by atoms with Crippen LogP contribution in [0.4, 0.5) is 5.69 Å². The van der Waals surface area contributed by atoms with Crippen LogP contribution in [0.25, 0.3) is 0 Å². The Kier molecular flexibility index (Phi) is 4.48. The number of piperidine rings is 1. The van der Waals surface area contributed by atoms with Gasteiger partial charge in [-0.2, -0.15) is 0 Å². The van der Waals surface area contributed by atoms with Gasteiger partial charge in [0.15, 0.2) is 11.5 Å². The maximum atomic E-state index is 12.7. The Morgan fingerprint density at radius 3 is 2.68 bits per heavy atom. The predicted molar refractivity (Wildman–Crippen MR) is 91.9 cm³/mol. The van der Waals surface area contributed by atoms with Crippen LogP contribution in [0.3, 0.4) is 0 Å². The third-order valence-corrected chi connectivity index (χ3v) is 5.04. The van der Waals surface area contributed by atoms with Crippen LogP contribution in [0.2, 0.25) is 0 Å². The number of hydrogen-bond acceptors (Lipinski definition) is 5. The minimum atomic E-state index is -0.594. The molecule has 134 valence electrons. The van der Waals surface area contributed by atoms with E-state index in [0.29, 0.717) is 37.7 Å². The van der Waals surface area contributed by atoms with Gasteiger partial charge in [-0.05, 0) is 44.5 Å². The lowest BCUT2D eigenvalue weighted by molar-refractivity contribution is -0.132. The fraction of sp³-hybridized carbons (Fsp3) is 0.556. The first-order valence-corrected chi connectivity index (χ1v) is 8.94. The molecule has 3 aliphatic rings. The molecule has 1 aromatic carbocycles. The number of anilines is 1. The van der Waals surface area contributed by atoms with Crippen LogP contribution in [-0.2, 0) is 9.59 Å². The van der Waals surface area contributed by atoms with E-state index in [-0.39, 0.29) is 17.9 Å². The monoisotopic (exact) mass is 345 g/mol. The van der Waals surface area contributed by atoms with Crippen molar-refractivity contribution in [3.8, 4) is 11.5 Å². The van der Waals surface area contributed by atoms with E-state index < -0.39 is 5.92 Å². The van der Waals surface area contributed by atoms with Crippen molar-refractivity contribution in [1.29, 1.82) is 0 Å². The van der Waals surface area contributed by atoms with E-state index in [1.54, 1.807) is 4.90 Å². The Balaban J connectivity index is 1.43. The van der Waals surface area contributed by atoms with Crippen LogP contribution in [-0.4, -0.2) is 50.7 Å². The molecule has 25 heavy (non-hydrogen) atoms. The third-order valence-electron chi connectivity index (χ3n) is 5.04. The summed E-state index contributed by atoms with van der Waals surface area (Å²) >= 11 is 0. The number of benzene rings is 1. The SMILES string of the molecule is O=C(NC1CCNCC1)C1CCN(c2ccc3c(c2)OCCO3)C1=O. The third kappa shape index (κ3) is 3.28. The van der Waals surface area contributed by atoms with Gasteiger partial charge < -0.3 is 25.0 Å². The maximum absolute atomic E-state index is 12.7. The molecule has 0 spiro atoms. The van der Waals surface area contributed by atoms with E-state index in [9.17, 15) is 9.59 Å². The highest BCUT2D eigenvalue weighted by Crippen LogP contribution is 2.36. The van der Waals surface area contributed by atoms with Gasteiger partial charge in [0.25, 0.3) is 0 Å². The summed E-state index contributed by atoms with van der Waals surface area (Å²) in [5, 5.41) is 6.31. The molecule has 7 nitrogen and oxygen atoms in total. The number of carbonyl (C=O) groups excluding carboxylic acids is 2. The number of carbonyl (C=O) groups is 2. The zero-order chi connectivity index (χ0) is 17.2. The molecule has 0 bridgehead atoms. The molecule has 2 N–H and O–H groups in total. The second-order valence-electron chi connectivity index (χ2n) is 6.69. The molecule has 7 heteroatoms. The molecule has 0 saturated carbocycles. The lowest BCUT2D eigenvalue weighted by Gasteiger charge is -2.25. The minimum absolute atomic E-state index is 0.136. The van der Waals surface area contributed by atoms with Crippen LogP contribution >= 0.6 is 0 Å². The van der Waals surface area contributed by atoms with E-state index in [0.717, 1.165) is 31.6 Å². The predicted octanol–water partition coefficient (Wildman–Crippen LogP) is 0.679. The average Bonchev–Trinajstić information content (AvgIpc) is 3.04. The molecule has 1 atom stereocenters. The number of nitrogens with one attached hydrogen (secondary N) is 2. The molecular formula is C18H23N3O4. The van der Waals surface area contributed by atoms with E-state index in [2.05, 4.69) is 10.6 Å². The summed E-state index contributed by atoms with van der Waals surface area (Å²) in [6.45, 7) is 3.40.